The van der Waals surface area contributed by atoms with Crippen molar-refractivity contribution in [2.75, 3.05) is 26.4 Å². The van der Waals surface area contributed by atoms with E-state index in [0.717, 1.165) is 51.0 Å². The van der Waals surface area contributed by atoms with E-state index in [2.05, 4.69) is 56.7 Å². The molecule has 0 aliphatic carbocycles. The predicted molar refractivity (Wildman–Crippen MR) is 156 cm³/mol. The number of rotatable bonds is 10. The van der Waals surface area contributed by atoms with Gasteiger partial charge in [-0.25, -0.2) is 0 Å². The van der Waals surface area contributed by atoms with Gasteiger partial charge >= 0.3 is 0 Å². The Morgan fingerprint density at radius 3 is 1.77 bits per heavy atom. The first-order valence-corrected chi connectivity index (χ1v) is 20.4. The van der Waals surface area contributed by atoms with Crippen LogP contribution in [0.25, 0.3) is 0 Å². The summed E-state index contributed by atoms with van der Waals surface area (Å²) in [7, 11) is -2.66. The molecule has 2 unspecified atom stereocenters. The zero-order valence-electron chi connectivity index (χ0n) is 22.7. The van der Waals surface area contributed by atoms with E-state index in [0.29, 0.717) is 19.6 Å². The standard InChI is InChI=1S/C14H24O2Si.C9H14O2.C5H11ClSi/c1-4-12-17(2,3)13-8-7-11-16-14-9-5-6-10-15-14;1-2-3-7-10-9-6-4-5-8-11-9;1-4-5-7(2,3)6/h4,14H,1,5-7,9-12H2,2-3H3;1,9H,3-8H2;4H,1,5H2,2-3H3. The average molecular weight is 541 g/mol. The molecule has 0 aromatic heterocycles. The molecule has 0 bridgehead atoms. The number of halogens is 1. The highest BCUT2D eigenvalue weighted by molar-refractivity contribution is 7.19. The van der Waals surface area contributed by atoms with Crippen LogP contribution in [0.1, 0.15) is 51.4 Å². The van der Waals surface area contributed by atoms with Gasteiger partial charge in [0.2, 0.25) is 0 Å². The van der Waals surface area contributed by atoms with E-state index in [9.17, 15) is 0 Å². The summed E-state index contributed by atoms with van der Waals surface area (Å²) in [6.45, 7) is 19.1. The van der Waals surface area contributed by atoms with Crippen LogP contribution in [0.3, 0.4) is 0 Å². The smallest absolute Gasteiger partial charge is 0.157 e. The lowest BCUT2D eigenvalue weighted by atomic mass is 10.2. The van der Waals surface area contributed by atoms with Gasteiger partial charge in [-0.2, -0.15) is 11.1 Å². The zero-order chi connectivity index (χ0) is 26.4. The number of allylic oxidation sites excluding steroid dienone is 2. The Kier molecular flexibility index (Phi) is 20.8. The van der Waals surface area contributed by atoms with Crippen molar-refractivity contribution in [1.82, 2.24) is 0 Å². The summed E-state index contributed by atoms with van der Waals surface area (Å²) >= 11 is 5.90. The summed E-state index contributed by atoms with van der Waals surface area (Å²) in [5, 5.41) is 0. The highest BCUT2D eigenvalue weighted by Crippen LogP contribution is 2.15. The lowest BCUT2D eigenvalue weighted by molar-refractivity contribution is -0.161. The molecule has 0 aromatic rings. The number of terminal acetylenes is 1. The van der Waals surface area contributed by atoms with Gasteiger partial charge in [-0.05, 0) is 50.6 Å². The molecule has 0 aromatic carbocycles. The molecule has 4 nitrogen and oxygen atoms in total. The Balaban J connectivity index is 0.000000550. The number of hydrogen-bond acceptors (Lipinski definition) is 4. The second-order valence-corrected chi connectivity index (χ2v) is 21.3. The molecule has 7 heteroatoms. The number of ether oxygens (including phenoxy) is 4. The molecule has 200 valence electrons. The Morgan fingerprint density at radius 1 is 0.886 bits per heavy atom. The van der Waals surface area contributed by atoms with Gasteiger partial charge in [0.25, 0.3) is 0 Å². The van der Waals surface area contributed by atoms with Gasteiger partial charge in [0, 0.05) is 26.1 Å². The first kappa shape index (κ1) is 34.2. The van der Waals surface area contributed by atoms with Gasteiger partial charge < -0.3 is 18.9 Å². The molecule has 0 N–H and O–H groups in total. The molecule has 0 spiro atoms. The largest absolute Gasteiger partial charge is 0.353 e. The fraction of sp³-hybridized carbons (Fsp3) is 0.714. The minimum Gasteiger partial charge on any atom is -0.353 e. The fourth-order valence-electron chi connectivity index (χ4n) is 3.23. The third-order valence-electron chi connectivity index (χ3n) is 5.07. The fourth-order valence-corrected chi connectivity index (χ4v) is 5.67. The van der Waals surface area contributed by atoms with Crippen LogP contribution in [-0.4, -0.2) is 54.5 Å². The van der Waals surface area contributed by atoms with E-state index < -0.39 is 15.5 Å². The molecular formula is C28H49ClO4Si2. The summed E-state index contributed by atoms with van der Waals surface area (Å²) in [6, 6.07) is 2.07. The van der Waals surface area contributed by atoms with E-state index in [1.165, 1.54) is 19.3 Å². The van der Waals surface area contributed by atoms with Crippen molar-refractivity contribution < 1.29 is 18.9 Å². The van der Waals surface area contributed by atoms with E-state index in [-0.39, 0.29) is 12.6 Å². The normalized spacial score (nSPS) is 19.9. The third-order valence-corrected chi connectivity index (χ3v) is 8.95. The Hall–Kier alpha value is -0.836. The minimum absolute atomic E-state index is 0.0112. The maximum atomic E-state index is 5.90. The highest BCUT2D eigenvalue weighted by Gasteiger charge is 2.16. The summed E-state index contributed by atoms with van der Waals surface area (Å²) in [5.74, 6) is 5.76. The highest BCUT2D eigenvalue weighted by atomic mass is 35.6. The SMILES string of the molecule is C#CCCOC1CCCCO1.C=CC[Si](C)(C)C#CCCOC1CCCCO1.C=CC[Si](C)(C)Cl. The van der Waals surface area contributed by atoms with Crippen molar-refractivity contribution >= 4 is 26.5 Å². The van der Waals surface area contributed by atoms with Crippen molar-refractivity contribution in [3.63, 3.8) is 0 Å². The van der Waals surface area contributed by atoms with Crippen LogP contribution < -0.4 is 0 Å². The van der Waals surface area contributed by atoms with Gasteiger partial charge in [-0.15, -0.1) is 37.0 Å². The second-order valence-electron chi connectivity index (χ2n) is 9.93. The van der Waals surface area contributed by atoms with Crippen molar-refractivity contribution in [3.05, 3.63) is 25.3 Å². The van der Waals surface area contributed by atoms with Gasteiger partial charge in [0.15, 0.2) is 20.0 Å². The van der Waals surface area contributed by atoms with Crippen LogP contribution in [0, 0.1) is 23.8 Å². The van der Waals surface area contributed by atoms with Crippen LogP contribution in [0.5, 0.6) is 0 Å². The molecule has 2 atom stereocenters. The lowest BCUT2D eigenvalue weighted by Gasteiger charge is -2.22. The third kappa shape index (κ3) is 23.3. The second kappa shape index (κ2) is 21.3. The predicted octanol–water partition coefficient (Wildman–Crippen LogP) is 7.53. The van der Waals surface area contributed by atoms with E-state index in [1.54, 1.807) is 0 Å². The monoisotopic (exact) mass is 540 g/mol. The Labute approximate surface area is 222 Å². The quantitative estimate of drug-likeness (QED) is 0.0943. The maximum Gasteiger partial charge on any atom is 0.157 e. The Bertz CT molecular complexity index is 647. The van der Waals surface area contributed by atoms with E-state index in [4.69, 9.17) is 36.4 Å². The van der Waals surface area contributed by atoms with Crippen LogP contribution in [0.4, 0.5) is 0 Å². The molecule has 0 saturated carbocycles. The lowest BCUT2D eigenvalue weighted by Crippen LogP contribution is -2.23. The molecule has 0 radical (unpaired) electrons. The van der Waals surface area contributed by atoms with Crippen LogP contribution in [-0.2, 0) is 18.9 Å². The van der Waals surface area contributed by atoms with Gasteiger partial charge in [0.05, 0.1) is 13.2 Å². The zero-order valence-corrected chi connectivity index (χ0v) is 25.5. The van der Waals surface area contributed by atoms with Crippen LogP contribution in [0.2, 0.25) is 38.3 Å². The van der Waals surface area contributed by atoms with Crippen molar-refractivity contribution in [2.24, 2.45) is 0 Å². The molecule has 2 fully saturated rings. The first-order valence-electron chi connectivity index (χ1n) is 12.9. The molecule has 2 rings (SSSR count). The van der Waals surface area contributed by atoms with Gasteiger partial charge in [-0.1, -0.05) is 38.3 Å². The first-order chi connectivity index (χ1) is 16.6. The number of hydrogen-bond donors (Lipinski definition) is 0. The molecule has 35 heavy (non-hydrogen) atoms. The van der Waals surface area contributed by atoms with Crippen molar-refractivity contribution in [3.8, 4) is 23.8 Å². The topological polar surface area (TPSA) is 36.9 Å². The molecular weight excluding hydrogens is 492 g/mol. The maximum absolute atomic E-state index is 5.90. The van der Waals surface area contributed by atoms with Gasteiger partial charge in [0.1, 0.15) is 8.07 Å². The van der Waals surface area contributed by atoms with Crippen molar-refractivity contribution in [1.29, 1.82) is 0 Å². The van der Waals surface area contributed by atoms with Crippen LogP contribution >= 0.6 is 11.1 Å². The summed E-state index contributed by atoms with van der Waals surface area (Å²) in [5.41, 5.74) is 3.39. The molecule has 2 aliphatic heterocycles. The summed E-state index contributed by atoms with van der Waals surface area (Å²) < 4.78 is 21.8. The summed E-state index contributed by atoms with van der Waals surface area (Å²) in [6.07, 6.45) is 17.3. The molecule has 2 heterocycles. The minimum atomic E-state index is -1.36. The molecule has 2 saturated heterocycles. The van der Waals surface area contributed by atoms with Crippen LogP contribution in [0.15, 0.2) is 25.3 Å². The molecule has 0 amide bonds. The van der Waals surface area contributed by atoms with E-state index >= 15 is 0 Å². The summed E-state index contributed by atoms with van der Waals surface area (Å²) in [4.78, 5) is 0. The Morgan fingerprint density at radius 2 is 1.40 bits per heavy atom. The molecule has 2 aliphatic rings. The van der Waals surface area contributed by atoms with Gasteiger partial charge in [-0.3, -0.25) is 0 Å². The average Bonchev–Trinajstić information content (AvgIpc) is 2.80. The van der Waals surface area contributed by atoms with E-state index in [1.807, 2.05) is 12.2 Å². The van der Waals surface area contributed by atoms with Crippen molar-refractivity contribution in [2.45, 2.75) is 102 Å².